The summed E-state index contributed by atoms with van der Waals surface area (Å²) in [4.78, 5) is 12.1. The van der Waals surface area contributed by atoms with Crippen molar-refractivity contribution in [1.29, 1.82) is 5.26 Å². The molecule has 0 saturated heterocycles. The van der Waals surface area contributed by atoms with Gasteiger partial charge in [-0.15, -0.1) is 0 Å². The molecule has 0 spiro atoms. The second-order valence-corrected chi connectivity index (χ2v) is 5.95. The van der Waals surface area contributed by atoms with E-state index in [-0.39, 0.29) is 28.7 Å². The number of rotatable bonds is 4. The van der Waals surface area contributed by atoms with Crippen LogP contribution < -0.4 is 0 Å². The Bertz CT molecular complexity index is 1070. The summed E-state index contributed by atoms with van der Waals surface area (Å²) in [6, 6.07) is 10.9. The van der Waals surface area contributed by atoms with E-state index in [1.165, 1.54) is 30.3 Å². The van der Waals surface area contributed by atoms with Crippen LogP contribution in [0.5, 0.6) is 0 Å². The van der Waals surface area contributed by atoms with Gasteiger partial charge in [0.05, 0.1) is 23.3 Å². The number of nitriles is 1. The lowest BCUT2D eigenvalue weighted by molar-refractivity contribution is 0.0491. The highest BCUT2D eigenvalue weighted by Crippen LogP contribution is 2.37. The Balaban J connectivity index is 2.22. The third-order valence-electron chi connectivity index (χ3n) is 3.73. The van der Waals surface area contributed by atoms with E-state index in [1.807, 2.05) is 6.07 Å². The third-order valence-corrected chi connectivity index (χ3v) is 4.02. The summed E-state index contributed by atoms with van der Waals surface area (Å²) in [5.41, 5.74) is 1.15. The summed E-state index contributed by atoms with van der Waals surface area (Å²) < 4.78 is 37.9. The van der Waals surface area contributed by atoms with Crippen molar-refractivity contribution in [3.8, 4) is 28.5 Å². The van der Waals surface area contributed by atoms with Gasteiger partial charge in [0, 0.05) is 11.1 Å². The summed E-state index contributed by atoms with van der Waals surface area (Å²) >= 11 is 5.84. The number of esters is 1. The first kappa shape index (κ1) is 18.6. The molecule has 27 heavy (non-hydrogen) atoms. The smallest absolute Gasteiger partial charge is 0.374 e. The number of hydrogen-bond donors (Lipinski definition) is 0. The Morgan fingerprint density at radius 2 is 1.96 bits per heavy atom. The average Bonchev–Trinajstić information content (AvgIpc) is 3.09. The Morgan fingerprint density at radius 3 is 2.63 bits per heavy atom. The highest BCUT2D eigenvalue weighted by molar-refractivity contribution is 6.31. The van der Waals surface area contributed by atoms with Gasteiger partial charge in [-0.2, -0.15) is 5.26 Å². The summed E-state index contributed by atoms with van der Waals surface area (Å²) in [5, 5.41) is 8.94. The van der Waals surface area contributed by atoms with Crippen molar-refractivity contribution >= 4 is 17.6 Å². The van der Waals surface area contributed by atoms with E-state index in [4.69, 9.17) is 26.0 Å². The first-order valence-corrected chi connectivity index (χ1v) is 8.28. The van der Waals surface area contributed by atoms with Gasteiger partial charge in [0.15, 0.2) is 0 Å². The summed E-state index contributed by atoms with van der Waals surface area (Å²) in [7, 11) is 0. The molecule has 0 atom stereocenters. The van der Waals surface area contributed by atoms with Gasteiger partial charge in [-0.3, -0.25) is 0 Å². The van der Waals surface area contributed by atoms with E-state index < -0.39 is 17.6 Å². The maximum absolute atomic E-state index is 13.9. The topological polar surface area (TPSA) is 63.2 Å². The Morgan fingerprint density at radius 1 is 1.19 bits per heavy atom. The molecule has 1 aromatic heterocycles. The number of ether oxygens (including phenoxy) is 1. The Labute approximate surface area is 158 Å². The van der Waals surface area contributed by atoms with Crippen LogP contribution in [-0.2, 0) is 4.74 Å². The van der Waals surface area contributed by atoms with Gasteiger partial charge in [-0.1, -0.05) is 11.6 Å². The number of carbonyl (C=O) groups excluding carboxylic acids is 1. The number of halogens is 3. The largest absolute Gasteiger partial charge is 0.460 e. The van der Waals surface area contributed by atoms with Crippen LogP contribution in [0, 0.1) is 23.0 Å². The minimum absolute atomic E-state index is 0.104. The molecule has 0 saturated carbocycles. The molecule has 3 aromatic rings. The first-order chi connectivity index (χ1) is 12.9. The van der Waals surface area contributed by atoms with E-state index in [2.05, 4.69) is 0 Å². The lowest BCUT2D eigenvalue weighted by Crippen LogP contribution is -2.02. The zero-order valence-corrected chi connectivity index (χ0v) is 14.8. The van der Waals surface area contributed by atoms with Crippen LogP contribution in [0.15, 0.2) is 46.9 Å². The van der Waals surface area contributed by atoms with E-state index in [1.54, 1.807) is 6.92 Å². The van der Waals surface area contributed by atoms with Crippen molar-refractivity contribution in [2.45, 2.75) is 6.92 Å². The average molecular weight is 388 g/mol. The van der Waals surface area contributed by atoms with Crippen molar-refractivity contribution in [2.24, 2.45) is 0 Å². The molecule has 7 heteroatoms. The van der Waals surface area contributed by atoms with E-state index in [0.29, 0.717) is 16.7 Å². The lowest BCUT2D eigenvalue weighted by Gasteiger charge is -2.05. The van der Waals surface area contributed by atoms with E-state index in [0.717, 1.165) is 12.1 Å². The summed E-state index contributed by atoms with van der Waals surface area (Å²) in [5.74, 6) is -1.86. The SMILES string of the molecule is CCOC(=O)c1cc(-c2cc(F)cc(C#N)c2)c(-c2ccc(F)c(Cl)c2)o1. The Hall–Kier alpha value is -3.17. The maximum Gasteiger partial charge on any atom is 0.374 e. The molecule has 0 amide bonds. The molecule has 0 aliphatic heterocycles. The molecule has 0 radical (unpaired) electrons. The molecular formula is C20H12ClF2NO3. The Kier molecular flexibility index (Phi) is 5.24. The second kappa shape index (κ2) is 7.60. The van der Waals surface area contributed by atoms with Gasteiger partial charge in [-0.05, 0) is 55.0 Å². The van der Waals surface area contributed by atoms with Crippen molar-refractivity contribution in [2.75, 3.05) is 6.61 Å². The molecule has 0 bridgehead atoms. The van der Waals surface area contributed by atoms with Gasteiger partial charge >= 0.3 is 5.97 Å². The molecule has 0 aliphatic rings. The van der Waals surface area contributed by atoms with Crippen LogP contribution >= 0.6 is 11.6 Å². The zero-order chi connectivity index (χ0) is 19.6. The second-order valence-electron chi connectivity index (χ2n) is 5.54. The van der Waals surface area contributed by atoms with Crippen molar-refractivity contribution in [3.63, 3.8) is 0 Å². The fourth-order valence-electron chi connectivity index (χ4n) is 2.57. The zero-order valence-electron chi connectivity index (χ0n) is 14.1. The molecule has 0 aliphatic carbocycles. The van der Waals surface area contributed by atoms with Crippen LogP contribution in [0.1, 0.15) is 23.0 Å². The molecule has 0 N–H and O–H groups in total. The standard InChI is InChI=1S/C20H12ClF2NO3/c1-2-26-20(25)18-9-15(13-5-11(10-24)6-14(22)7-13)19(27-18)12-3-4-17(23)16(21)8-12/h3-9H,2H2,1H3. The van der Waals surface area contributed by atoms with Crippen LogP contribution in [0.25, 0.3) is 22.5 Å². The normalized spacial score (nSPS) is 10.5. The van der Waals surface area contributed by atoms with Crippen LogP contribution in [-0.4, -0.2) is 12.6 Å². The predicted octanol–water partition coefficient (Wildman–Crippen LogP) is 5.59. The number of furan rings is 1. The van der Waals surface area contributed by atoms with Crippen molar-refractivity contribution < 1.29 is 22.7 Å². The fraction of sp³-hybridized carbons (Fsp3) is 0.100. The fourth-order valence-corrected chi connectivity index (χ4v) is 2.75. The van der Waals surface area contributed by atoms with E-state index in [9.17, 15) is 13.6 Å². The molecule has 136 valence electrons. The van der Waals surface area contributed by atoms with Crippen molar-refractivity contribution in [1.82, 2.24) is 0 Å². The number of hydrogen-bond acceptors (Lipinski definition) is 4. The van der Waals surface area contributed by atoms with Gasteiger partial charge < -0.3 is 9.15 Å². The maximum atomic E-state index is 13.9. The highest BCUT2D eigenvalue weighted by Gasteiger charge is 2.21. The molecule has 4 nitrogen and oxygen atoms in total. The monoisotopic (exact) mass is 387 g/mol. The minimum Gasteiger partial charge on any atom is -0.460 e. The lowest BCUT2D eigenvalue weighted by atomic mass is 10.00. The minimum atomic E-state index is -0.699. The molecule has 1 heterocycles. The quantitative estimate of drug-likeness (QED) is 0.547. The van der Waals surface area contributed by atoms with Crippen LogP contribution in [0.3, 0.4) is 0 Å². The van der Waals surface area contributed by atoms with Gasteiger partial charge in [0.25, 0.3) is 0 Å². The summed E-state index contributed by atoms with van der Waals surface area (Å²) in [6.45, 7) is 1.79. The first-order valence-electron chi connectivity index (χ1n) is 7.90. The molecule has 3 rings (SSSR count). The van der Waals surface area contributed by atoms with Crippen LogP contribution in [0.2, 0.25) is 5.02 Å². The molecule has 0 fully saturated rings. The summed E-state index contributed by atoms with van der Waals surface area (Å²) in [6.07, 6.45) is 0. The van der Waals surface area contributed by atoms with Gasteiger partial charge in [-0.25, -0.2) is 13.6 Å². The third kappa shape index (κ3) is 3.83. The van der Waals surface area contributed by atoms with Crippen molar-refractivity contribution in [3.05, 3.63) is 70.4 Å². The molecule has 2 aromatic carbocycles. The highest BCUT2D eigenvalue weighted by atomic mass is 35.5. The molecule has 0 unspecified atom stereocenters. The predicted molar refractivity (Wildman–Crippen MR) is 95.2 cm³/mol. The molecular weight excluding hydrogens is 376 g/mol. The van der Waals surface area contributed by atoms with Crippen LogP contribution in [0.4, 0.5) is 8.78 Å². The van der Waals surface area contributed by atoms with Gasteiger partial charge in [0.2, 0.25) is 5.76 Å². The van der Waals surface area contributed by atoms with Gasteiger partial charge in [0.1, 0.15) is 17.4 Å². The number of nitrogens with zero attached hydrogens (tertiary/aromatic N) is 1. The van der Waals surface area contributed by atoms with E-state index >= 15 is 0 Å². The number of benzene rings is 2. The number of carbonyl (C=O) groups is 1.